The highest BCUT2D eigenvalue weighted by Crippen LogP contribution is 1.81. The van der Waals surface area contributed by atoms with Gasteiger partial charge in [-0.1, -0.05) is 0 Å². The van der Waals surface area contributed by atoms with E-state index in [4.69, 9.17) is 11.4 Å². The summed E-state index contributed by atoms with van der Waals surface area (Å²) in [4.78, 5) is 0. The first-order valence-electron chi connectivity index (χ1n) is 1.93. The molecule has 7 heavy (non-hydrogen) atoms. The summed E-state index contributed by atoms with van der Waals surface area (Å²) in [5.74, 6) is 0. The molecule has 0 spiro atoms. The van der Waals surface area contributed by atoms with Crippen LogP contribution in [0.25, 0.3) is 0 Å². The SMILES string of the molecule is C[O][Al]([O]C)[O]C. The first kappa shape index (κ1) is 7.41. The fraction of sp³-hybridized carbons (Fsp3) is 1.00. The maximum absolute atomic E-state index is 4.74. The molecule has 0 aliphatic carbocycles. The molecule has 42 valence electrons. The van der Waals surface area contributed by atoms with Crippen LogP contribution in [0, 0.1) is 0 Å². The molecule has 0 saturated heterocycles. The van der Waals surface area contributed by atoms with E-state index in [1.54, 1.807) is 21.3 Å². The van der Waals surface area contributed by atoms with Gasteiger partial charge in [-0.05, 0) is 0 Å². The topological polar surface area (TPSA) is 27.7 Å². The molecule has 0 unspecified atom stereocenters. The van der Waals surface area contributed by atoms with Crippen LogP contribution in [-0.4, -0.2) is 36.5 Å². The minimum absolute atomic E-state index is 1.57. The molecule has 0 amide bonds. The van der Waals surface area contributed by atoms with Gasteiger partial charge >= 0.3 is 15.1 Å². The standard InChI is InChI=1S/3CH3O.Al/c3*1-2;/h3*1H3;/q3*-1;+3. The Morgan fingerprint density at radius 1 is 0.857 bits per heavy atom. The van der Waals surface area contributed by atoms with E-state index in [-0.39, 0.29) is 0 Å². The highest BCUT2D eigenvalue weighted by atomic mass is 27.3. The Balaban J connectivity index is 2.99. The average Bonchev–Trinajstić information content (AvgIpc) is 1.72. The van der Waals surface area contributed by atoms with Crippen LogP contribution in [0.15, 0.2) is 0 Å². The van der Waals surface area contributed by atoms with E-state index in [1.807, 2.05) is 0 Å². The van der Waals surface area contributed by atoms with Crippen molar-refractivity contribution in [1.82, 2.24) is 0 Å². The summed E-state index contributed by atoms with van der Waals surface area (Å²) in [6.45, 7) is 0. The Hall–Kier alpha value is 0.412. The van der Waals surface area contributed by atoms with Crippen molar-refractivity contribution in [3.63, 3.8) is 0 Å². The maximum atomic E-state index is 4.74. The summed E-state index contributed by atoms with van der Waals surface area (Å²) >= 11 is -1.67. The second-order valence-corrected chi connectivity index (χ2v) is 2.99. The van der Waals surface area contributed by atoms with Crippen molar-refractivity contribution in [2.45, 2.75) is 0 Å². The van der Waals surface area contributed by atoms with Crippen LogP contribution in [0.5, 0.6) is 0 Å². The molecule has 0 aliphatic rings. The van der Waals surface area contributed by atoms with Crippen LogP contribution in [-0.2, 0) is 11.4 Å². The average molecular weight is 120 g/mol. The van der Waals surface area contributed by atoms with Crippen molar-refractivity contribution in [1.29, 1.82) is 0 Å². The Bertz CT molecular complexity index is 31.7. The van der Waals surface area contributed by atoms with Crippen LogP contribution < -0.4 is 0 Å². The summed E-state index contributed by atoms with van der Waals surface area (Å²) < 4.78 is 14.2. The zero-order valence-corrected chi connectivity index (χ0v) is 5.96. The minimum atomic E-state index is -1.67. The predicted octanol–water partition coefficient (Wildman–Crippen LogP) is -0.0895. The molecule has 0 radical (unpaired) electrons. The fourth-order valence-electron chi connectivity index (χ4n) is 0.289. The third-order valence-corrected chi connectivity index (χ3v) is 1.73. The molecule has 3 nitrogen and oxygen atoms in total. The van der Waals surface area contributed by atoms with Crippen molar-refractivity contribution >= 4 is 15.1 Å². The smallest absolute Gasteiger partial charge is 0.457 e. The number of hydrogen-bond acceptors (Lipinski definition) is 3. The van der Waals surface area contributed by atoms with Gasteiger partial charge in [-0.15, -0.1) is 0 Å². The summed E-state index contributed by atoms with van der Waals surface area (Å²) in [6.07, 6.45) is 0. The van der Waals surface area contributed by atoms with Gasteiger partial charge < -0.3 is 11.4 Å². The monoisotopic (exact) mass is 120 g/mol. The third-order valence-electron chi connectivity index (χ3n) is 0.577. The minimum Gasteiger partial charge on any atom is -0.457 e. The van der Waals surface area contributed by atoms with Crippen LogP contribution in [0.1, 0.15) is 0 Å². The molecular formula is C3H9AlO3. The lowest BCUT2D eigenvalue weighted by Crippen LogP contribution is -2.21. The van der Waals surface area contributed by atoms with Crippen molar-refractivity contribution in [3.05, 3.63) is 0 Å². The van der Waals surface area contributed by atoms with E-state index in [9.17, 15) is 0 Å². The molecule has 0 N–H and O–H groups in total. The van der Waals surface area contributed by atoms with E-state index in [1.165, 1.54) is 0 Å². The molecule has 0 aliphatic heterocycles. The van der Waals surface area contributed by atoms with E-state index < -0.39 is 15.1 Å². The molecular weight excluding hydrogens is 111 g/mol. The summed E-state index contributed by atoms with van der Waals surface area (Å²) in [6, 6.07) is 0. The normalized spacial score (nSPS) is 9.00. The highest BCUT2D eigenvalue weighted by Gasteiger charge is 2.24. The number of rotatable bonds is 3. The van der Waals surface area contributed by atoms with E-state index >= 15 is 0 Å². The van der Waals surface area contributed by atoms with Gasteiger partial charge in [-0.25, -0.2) is 0 Å². The van der Waals surface area contributed by atoms with Gasteiger partial charge in [0.2, 0.25) is 0 Å². The molecule has 0 aromatic carbocycles. The molecule has 0 aromatic rings. The molecule has 0 aromatic heterocycles. The van der Waals surface area contributed by atoms with Gasteiger partial charge in [0.1, 0.15) is 0 Å². The van der Waals surface area contributed by atoms with Crippen molar-refractivity contribution in [2.24, 2.45) is 0 Å². The third kappa shape index (κ3) is 3.04. The van der Waals surface area contributed by atoms with Gasteiger partial charge in [0.25, 0.3) is 0 Å². The molecule has 0 heterocycles. The second kappa shape index (κ2) is 4.57. The van der Waals surface area contributed by atoms with E-state index in [0.29, 0.717) is 0 Å². The number of hydrogen-bond donors (Lipinski definition) is 0. The Morgan fingerprint density at radius 2 is 1.14 bits per heavy atom. The molecule has 0 atom stereocenters. The maximum Gasteiger partial charge on any atom is 0.905 e. The lowest BCUT2D eigenvalue weighted by molar-refractivity contribution is 0.163. The zero-order valence-electron chi connectivity index (χ0n) is 4.80. The van der Waals surface area contributed by atoms with Crippen molar-refractivity contribution < 1.29 is 11.4 Å². The van der Waals surface area contributed by atoms with Gasteiger partial charge in [0.05, 0.1) is 0 Å². The van der Waals surface area contributed by atoms with Gasteiger partial charge in [0, 0.05) is 21.3 Å². The summed E-state index contributed by atoms with van der Waals surface area (Å²) in [5, 5.41) is 0. The summed E-state index contributed by atoms with van der Waals surface area (Å²) in [7, 11) is 4.72. The van der Waals surface area contributed by atoms with Crippen molar-refractivity contribution in [2.75, 3.05) is 21.3 Å². The lowest BCUT2D eigenvalue weighted by atomic mass is 11.8. The van der Waals surface area contributed by atoms with E-state index in [2.05, 4.69) is 0 Å². The first-order chi connectivity index (χ1) is 3.35. The van der Waals surface area contributed by atoms with Crippen LogP contribution in [0.2, 0.25) is 0 Å². The van der Waals surface area contributed by atoms with Crippen LogP contribution in [0.3, 0.4) is 0 Å². The molecule has 0 bridgehead atoms. The van der Waals surface area contributed by atoms with Crippen molar-refractivity contribution in [3.8, 4) is 0 Å². The lowest BCUT2D eigenvalue weighted by Gasteiger charge is -1.99. The van der Waals surface area contributed by atoms with Crippen LogP contribution in [0.4, 0.5) is 0 Å². The summed E-state index contributed by atoms with van der Waals surface area (Å²) in [5.41, 5.74) is 0. The quantitative estimate of drug-likeness (QED) is 0.487. The molecule has 4 heteroatoms. The van der Waals surface area contributed by atoms with Gasteiger partial charge in [-0.2, -0.15) is 0 Å². The predicted molar refractivity (Wildman–Crippen MR) is 26.8 cm³/mol. The largest absolute Gasteiger partial charge is 0.905 e. The van der Waals surface area contributed by atoms with E-state index in [0.717, 1.165) is 0 Å². The molecule has 0 saturated carbocycles. The first-order valence-corrected chi connectivity index (χ1v) is 3.35. The highest BCUT2D eigenvalue weighted by molar-refractivity contribution is 6.36. The Morgan fingerprint density at radius 3 is 1.14 bits per heavy atom. The molecule has 0 rings (SSSR count). The molecule has 0 fully saturated rings. The van der Waals surface area contributed by atoms with Gasteiger partial charge in [0.15, 0.2) is 0 Å². The Kier molecular flexibility index (Phi) is 4.84. The van der Waals surface area contributed by atoms with Crippen LogP contribution >= 0.6 is 0 Å². The zero-order chi connectivity index (χ0) is 5.70. The van der Waals surface area contributed by atoms with Gasteiger partial charge in [-0.3, -0.25) is 0 Å². The Labute approximate surface area is 48.6 Å². The fourth-order valence-corrected chi connectivity index (χ4v) is 0.866. The second-order valence-electron chi connectivity index (χ2n) is 0.996.